The van der Waals surface area contributed by atoms with Crippen molar-refractivity contribution >= 4 is 27.7 Å². The number of nitrogen functional groups attached to an aromatic ring is 1. The summed E-state index contributed by atoms with van der Waals surface area (Å²) in [6, 6.07) is 6.44. The van der Waals surface area contributed by atoms with Crippen LogP contribution in [0.1, 0.15) is 27.2 Å². The van der Waals surface area contributed by atoms with E-state index in [0.29, 0.717) is 17.8 Å². The van der Waals surface area contributed by atoms with Crippen molar-refractivity contribution in [2.75, 3.05) is 16.6 Å². The van der Waals surface area contributed by atoms with E-state index in [4.69, 9.17) is 10.5 Å². The van der Waals surface area contributed by atoms with Gasteiger partial charge in [-0.05, 0) is 38.5 Å². The first kappa shape index (κ1) is 17.1. The Hall–Kier alpha value is -1.96. The maximum Gasteiger partial charge on any atom is 0.422 e. The Bertz CT molecular complexity index is 587. The average molecular weight is 315 g/mol. The zero-order valence-electron chi connectivity index (χ0n) is 12.4. The van der Waals surface area contributed by atoms with Gasteiger partial charge in [-0.2, -0.15) is 8.42 Å². The van der Waals surface area contributed by atoms with E-state index in [1.807, 2.05) is 11.6 Å². The van der Waals surface area contributed by atoms with Crippen LogP contribution in [-0.4, -0.2) is 27.2 Å². The van der Waals surface area contributed by atoms with Crippen LogP contribution in [0.3, 0.4) is 0 Å². The first-order valence-electron chi connectivity index (χ1n) is 6.63. The second-order valence-electron chi connectivity index (χ2n) is 4.73. The van der Waals surface area contributed by atoms with Crippen LogP contribution in [0.4, 0.5) is 16.2 Å². The molecule has 1 aromatic carbocycles. The Morgan fingerprint density at radius 3 is 2.62 bits per heavy atom. The minimum Gasteiger partial charge on any atom is -0.446 e. The van der Waals surface area contributed by atoms with Crippen LogP contribution in [0, 0.1) is 0 Å². The van der Waals surface area contributed by atoms with Gasteiger partial charge in [-0.3, -0.25) is 4.31 Å². The number of benzene rings is 1. The fraction of sp³-hybridized carbons (Fsp3) is 0.462. The summed E-state index contributed by atoms with van der Waals surface area (Å²) in [6.07, 6.45) is -0.836. The molecule has 7 nitrogen and oxygen atoms in total. The number of carbonyl (C=O) groups excluding carboxylic acids is 1. The maximum absolute atomic E-state index is 12.3. The van der Waals surface area contributed by atoms with E-state index in [0.717, 1.165) is 4.31 Å². The van der Waals surface area contributed by atoms with Crippen molar-refractivity contribution < 1.29 is 17.9 Å². The number of anilines is 2. The number of hydrogen-bond donors (Lipinski definition) is 2. The van der Waals surface area contributed by atoms with Crippen LogP contribution >= 0.6 is 0 Å². The third-order valence-electron chi connectivity index (χ3n) is 2.43. The van der Waals surface area contributed by atoms with E-state index in [2.05, 4.69) is 0 Å². The van der Waals surface area contributed by atoms with Crippen LogP contribution in [0.5, 0.6) is 0 Å². The zero-order valence-corrected chi connectivity index (χ0v) is 13.2. The van der Waals surface area contributed by atoms with Crippen LogP contribution in [0.15, 0.2) is 24.3 Å². The lowest BCUT2D eigenvalue weighted by Crippen LogP contribution is -2.44. The topological polar surface area (TPSA) is 102 Å². The lowest BCUT2D eigenvalue weighted by atomic mass is 10.3. The molecule has 0 bridgehead atoms. The van der Waals surface area contributed by atoms with E-state index in [1.54, 1.807) is 32.0 Å². The van der Waals surface area contributed by atoms with Gasteiger partial charge in [0.15, 0.2) is 0 Å². The van der Waals surface area contributed by atoms with Gasteiger partial charge in [-0.15, -0.1) is 0 Å². The van der Waals surface area contributed by atoms with Crippen molar-refractivity contribution in [2.45, 2.75) is 33.3 Å². The van der Waals surface area contributed by atoms with Crippen LogP contribution < -0.4 is 14.8 Å². The predicted octanol–water partition coefficient (Wildman–Crippen LogP) is 1.86. The van der Waals surface area contributed by atoms with E-state index < -0.39 is 22.4 Å². The summed E-state index contributed by atoms with van der Waals surface area (Å²) in [6.45, 7) is 5.32. The Labute approximate surface area is 125 Å². The molecule has 118 valence electrons. The molecule has 8 heteroatoms. The van der Waals surface area contributed by atoms with Gasteiger partial charge in [0.2, 0.25) is 0 Å². The van der Waals surface area contributed by atoms with Crippen molar-refractivity contribution in [2.24, 2.45) is 0 Å². The van der Waals surface area contributed by atoms with Gasteiger partial charge in [0.05, 0.1) is 11.8 Å². The standard InChI is InChI=1S/C13H21N3O4S/c1-4-8-16(12-7-5-6-11(14)9-12)21(18,19)15-13(17)20-10(2)3/h5-7,9-10H,4,8,14H2,1-3H3,(H,15,17). The summed E-state index contributed by atoms with van der Waals surface area (Å²) in [4.78, 5) is 11.5. The summed E-state index contributed by atoms with van der Waals surface area (Å²) < 4.78 is 32.4. The fourth-order valence-corrected chi connectivity index (χ4v) is 2.85. The van der Waals surface area contributed by atoms with Gasteiger partial charge in [0.25, 0.3) is 0 Å². The summed E-state index contributed by atoms with van der Waals surface area (Å²) in [5.41, 5.74) is 6.50. The number of nitrogens with zero attached hydrogens (tertiary/aromatic N) is 1. The quantitative estimate of drug-likeness (QED) is 0.780. The molecule has 0 unspecified atom stereocenters. The highest BCUT2D eigenvalue weighted by Crippen LogP contribution is 2.20. The number of ether oxygens (including phenoxy) is 1. The average Bonchev–Trinajstić information content (AvgIpc) is 2.33. The molecule has 0 aliphatic heterocycles. The third kappa shape index (κ3) is 5.14. The molecular weight excluding hydrogens is 294 g/mol. The third-order valence-corrected chi connectivity index (χ3v) is 3.83. The van der Waals surface area contributed by atoms with Crippen LogP contribution in [0.25, 0.3) is 0 Å². The minimum atomic E-state index is -4.05. The van der Waals surface area contributed by atoms with Gasteiger partial charge in [-0.1, -0.05) is 13.0 Å². The first-order chi connectivity index (χ1) is 9.76. The summed E-state index contributed by atoms with van der Waals surface area (Å²) in [5, 5.41) is 0. The highest BCUT2D eigenvalue weighted by atomic mass is 32.2. The Kier molecular flexibility index (Phi) is 5.83. The van der Waals surface area contributed by atoms with Crippen LogP contribution in [-0.2, 0) is 14.9 Å². The molecule has 0 spiro atoms. The molecule has 1 aromatic rings. The SMILES string of the molecule is CCCN(c1cccc(N)c1)S(=O)(=O)NC(=O)OC(C)C. The molecular formula is C13H21N3O4S. The van der Waals surface area contributed by atoms with Crippen molar-refractivity contribution in [1.29, 1.82) is 0 Å². The monoisotopic (exact) mass is 315 g/mol. The lowest BCUT2D eigenvalue weighted by Gasteiger charge is -2.24. The maximum atomic E-state index is 12.3. The number of hydrogen-bond acceptors (Lipinski definition) is 5. The highest BCUT2D eigenvalue weighted by Gasteiger charge is 2.25. The molecule has 1 rings (SSSR count). The molecule has 21 heavy (non-hydrogen) atoms. The lowest BCUT2D eigenvalue weighted by molar-refractivity contribution is 0.121. The van der Waals surface area contributed by atoms with Gasteiger partial charge in [0, 0.05) is 12.2 Å². The predicted molar refractivity (Wildman–Crippen MR) is 82.2 cm³/mol. The Morgan fingerprint density at radius 1 is 1.43 bits per heavy atom. The molecule has 0 aliphatic carbocycles. The summed E-state index contributed by atoms with van der Waals surface area (Å²) in [7, 11) is -4.05. The zero-order chi connectivity index (χ0) is 16.0. The van der Waals surface area contributed by atoms with Gasteiger partial charge in [0.1, 0.15) is 0 Å². The van der Waals surface area contributed by atoms with Crippen molar-refractivity contribution in [3.05, 3.63) is 24.3 Å². The number of amides is 1. The largest absolute Gasteiger partial charge is 0.446 e. The molecule has 1 amide bonds. The van der Waals surface area contributed by atoms with E-state index >= 15 is 0 Å². The molecule has 0 saturated carbocycles. The number of nitrogens with one attached hydrogen (secondary N) is 1. The molecule has 3 N–H and O–H groups in total. The molecule has 0 atom stereocenters. The molecule has 0 fully saturated rings. The Morgan fingerprint density at radius 2 is 2.10 bits per heavy atom. The summed E-state index contributed by atoms with van der Waals surface area (Å²) >= 11 is 0. The van der Waals surface area contributed by atoms with E-state index in [-0.39, 0.29) is 6.54 Å². The fourth-order valence-electron chi connectivity index (χ4n) is 1.67. The molecule has 0 heterocycles. The normalized spacial score (nSPS) is 11.2. The van der Waals surface area contributed by atoms with Gasteiger partial charge < -0.3 is 10.5 Å². The Balaban J connectivity index is 3.01. The number of carbonyl (C=O) groups is 1. The van der Waals surface area contributed by atoms with Gasteiger partial charge >= 0.3 is 16.3 Å². The van der Waals surface area contributed by atoms with Crippen molar-refractivity contribution in [3.63, 3.8) is 0 Å². The van der Waals surface area contributed by atoms with Gasteiger partial charge in [-0.25, -0.2) is 9.52 Å². The minimum absolute atomic E-state index is 0.216. The molecule has 0 aliphatic rings. The molecule has 0 aromatic heterocycles. The second-order valence-corrected chi connectivity index (χ2v) is 6.32. The van der Waals surface area contributed by atoms with Crippen molar-refractivity contribution in [3.8, 4) is 0 Å². The smallest absolute Gasteiger partial charge is 0.422 e. The second kappa shape index (κ2) is 7.16. The van der Waals surface area contributed by atoms with Crippen LogP contribution in [0.2, 0.25) is 0 Å². The van der Waals surface area contributed by atoms with Crippen molar-refractivity contribution in [1.82, 2.24) is 4.72 Å². The summed E-state index contributed by atoms with van der Waals surface area (Å²) in [5.74, 6) is 0. The highest BCUT2D eigenvalue weighted by molar-refractivity contribution is 7.91. The van der Waals surface area contributed by atoms with E-state index in [9.17, 15) is 13.2 Å². The van der Waals surface area contributed by atoms with E-state index in [1.165, 1.54) is 6.07 Å². The number of rotatable bonds is 6. The molecule has 0 saturated heterocycles. The molecule has 0 radical (unpaired) electrons. The first-order valence-corrected chi connectivity index (χ1v) is 8.07. The number of nitrogens with two attached hydrogens (primary N) is 1.